The molecule has 0 aliphatic rings. The van der Waals surface area contributed by atoms with Crippen LogP contribution in [-0.4, -0.2) is 26.4 Å². The Morgan fingerprint density at radius 3 is 2.46 bits per heavy atom. The lowest BCUT2D eigenvalue weighted by atomic mass is 10.1. The number of carbonyl (C=O) groups is 1. The molecule has 136 valence electrons. The summed E-state index contributed by atoms with van der Waals surface area (Å²) in [5, 5.41) is 3.82. The maximum absolute atomic E-state index is 12.3. The van der Waals surface area contributed by atoms with Crippen LogP contribution in [0.25, 0.3) is 10.9 Å². The summed E-state index contributed by atoms with van der Waals surface area (Å²) in [5.41, 5.74) is 2.97. The van der Waals surface area contributed by atoms with E-state index in [1.54, 1.807) is 12.1 Å². The van der Waals surface area contributed by atoms with E-state index in [0.717, 1.165) is 20.9 Å². The lowest BCUT2D eigenvalue weighted by Crippen LogP contribution is -2.23. The number of amides is 1. The minimum atomic E-state index is -3.29. The van der Waals surface area contributed by atoms with Crippen LogP contribution in [0.1, 0.15) is 21.6 Å². The predicted octanol–water partition coefficient (Wildman–Crippen LogP) is 2.91. The van der Waals surface area contributed by atoms with Gasteiger partial charge in [-0.3, -0.25) is 4.79 Å². The molecule has 3 rings (SSSR count). The fourth-order valence-electron chi connectivity index (χ4n) is 2.54. The minimum Gasteiger partial charge on any atom is -0.350 e. The average Bonchev–Trinajstić information content (AvgIpc) is 3.04. The van der Waals surface area contributed by atoms with Gasteiger partial charge in [0.25, 0.3) is 5.91 Å². The Morgan fingerprint density at radius 2 is 1.77 bits per heavy atom. The van der Waals surface area contributed by atoms with E-state index >= 15 is 0 Å². The lowest BCUT2D eigenvalue weighted by Gasteiger charge is -2.06. The number of fused-ring (bicyclic) bond motifs is 1. The topological polar surface area (TPSA) is 91.1 Å². The number of nitrogens with one attached hydrogen (secondary N) is 3. The van der Waals surface area contributed by atoms with Crippen molar-refractivity contribution in [2.45, 2.75) is 12.3 Å². The Balaban J connectivity index is 1.63. The van der Waals surface area contributed by atoms with E-state index in [-0.39, 0.29) is 11.7 Å². The average molecular weight is 436 g/mol. The van der Waals surface area contributed by atoms with Gasteiger partial charge in [0.2, 0.25) is 10.0 Å². The van der Waals surface area contributed by atoms with Gasteiger partial charge in [0.05, 0.1) is 5.75 Å². The first-order valence-corrected chi connectivity index (χ1v) is 10.4. The summed E-state index contributed by atoms with van der Waals surface area (Å²) in [6.45, 7) is 0.358. The highest BCUT2D eigenvalue weighted by molar-refractivity contribution is 9.10. The fourth-order valence-corrected chi connectivity index (χ4v) is 3.68. The molecule has 0 bridgehead atoms. The SMILES string of the molecule is CNS(=O)(=O)Cc1ccc(CNC(=O)c2cc3ccc(Br)cc3[nH]2)cc1. The van der Waals surface area contributed by atoms with Crippen molar-refractivity contribution in [3.63, 3.8) is 0 Å². The Kier molecular flexibility index (Phi) is 5.45. The Labute approximate surface area is 160 Å². The van der Waals surface area contributed by atoms with Gasteiger partial charge in [0.15, 0.2) is 0 Å². The van der Waals surface area contributed by atoms with Crippen LogP contribution < -0.4 is 10.0 Å². The number of halogens is 1. The molecule has 26 heavy (non-hydrogen) atoms. The number of H-pyrrole nitrogens is 1. The van der Waals surface area contributed by atoms with Crippen LogP contribution in [0.4, 0.5) is 0 Å². The lowest BCUT2D eigenvalue weighted by molar-refractivity contribution is 0.0946. The molecule has 1 amide bonds. The fraction of sp³-hybridized carbons (Fsp3) is 0.167. The van der Waals surface area contributed by atoms with E-state index in [1.165, 1.54) is 7.05 Å². The smallest absolute Gasteiger partial charge is 0.267 e. The summed E-state index contributed by atoms with van der Waals surface area (Å²) >= 11 is 3.41. The third-order valence-electron chi connectivity index (χ3n) is 3.97. The first-order valence-electron chi connectivity index (χ1n) is 7.92. The van der Waals surface area contributed by atoms with Crippen molar-refractivity contribution in [1.29, 1.82) is 0 Å². The molecule has 3 aromatic rings. The molecular formula is C18H18BrN3O3S. The predicted molar refractivity (Wildman–Crippen MR) is 105 cm³/mol. The van der Waals surface area contributed by atoms with Crippen molar-refractivity contribution in [2.75, 3.05) is 7.05 Å². The van der Waals surface area contributed by atoms with Crippen molar-refractivity contribution in [1.82, 2.24) is 15.0 Å². The van der Waals surface area contributed by atoms with Gasteiger partial charge in [-0.25, -0.2) is 13.1 Å². The summed E-state index contributed by atoms with van der Waals surface area (Å²) in [5.74, 6) is -0.264. The molecule has 0 spiro atoms. The molecule has 2 aromatic carbocycles. The molecule has 0 aliphatic heterocycles. The zero-order valence-corrected chi connectivity index (χ0v) is 16.4. The van der Waals surface area contributed by atoms with Gasteiger partial charge >= 0.3 is 0 Å². The van der Waals surface area contributed by atoms with E-state index in [0.29, 0.717) is 17.8 Å². The molecule has 0 atom stereocenters. The van der Waals surface area contributed by atoms with Crippen LogP contribution in [0.2, 0.25) is 0 Å². The zero-order chi connectivity index (χ0) is 18.7. The van der Waals surface area contributed by atoms with E-state index in [2.05, 4.69) is 31.0 Å². The molecule has 0 saturated carbocycles. The molecule has 8 heteroatoms. The van der Waals surface area contributed by atoms with Gasteiger partial charge in [0, 0.05) is 21.9 Å². The normalized spacial score (nSPS) is 11.6. The first kappa shape index (κ1) is 18.6. The maximum atomic E-state index is 12.3. The zero-order valence-electron chi connectivity index (χ0n) is 14.0. The summed E-state index contributed by atoms with van der Waals surface area (Å²) < 4.78 is 26.3. The molecule has 6 nitrogen and oxygen atoms in total. The van der Waals surface area contributed by atoms with Gasteiger partial charge in [-0.2, -0.15) is 0 Å². The van der Waals surface area contributed by atoms with Crippen LogP contribution in [-0.2, 0) is 22.3 Å². The number of benzene rings is 2. The molecule has 0 saturated heterocycles. The Morgan fingerprint density at radius 1 is 1.08 bits per heavy atom. The largest absolute Gasteiger partial charge is 0.350 e. The highest BCUT2D eigenvalue weighted by Crippen LogP contribution is 2.20. The van der Waals surface area contributed by atoms with Crippen molar-refractivity contribution in [2.24, 2.45) is 0 Å². The molecule has 0 unspecified atom stereocenters. The number of hydrogen-bond donors (Lipinski definition) is 3. The van der Waals surface area contributed by atoms with Gasteiger partial charge in [-0.15, -0.1) is 0 Å². The van der Waals surface area contributed by atoms with E-state index in [4.69, 9.17) is 0 Å². The second-order valence-electron chi connectivity index (χ2n) is 5.88. The molecule has 0 radical (unpaired) electrons. The number of aromatic nitrogens is 1. The minimum absolute atomic E-state index is 0.0687. The number of sulfonamides is 1. The maximum Gasteiger partial charge on any atom is 0.267 e. The summed E-state index contributed by atoms with van der Waals surface area (Å²) in [7, 11) is -1.90. The van der Waals surface area contributed by atoms with E-state index < -0.39 is 10.0 Å². The van der Waals surface area contributed by atoms with Gasteiger partial charge in [-0.05, 0) is 36.4 Å². The molecule has 0 fully saturated rings. The molecule has 1 heterocycles. The Hall–Kier alpha value is -2.16. The summed E-state index contributed by atoms with van der Waals surface area (Å²) in [4.78, 5) is 15.4. The van der Waals surface area contributed by atoms with Crippen LogP contribution >= 0.6 is 15.9 Å². The summed E-state index contributed by atoms with van der Waals surface area (Å²) in [6, 6.07) is 14.7. The second kappa shape index (κ2) is 7.61. The highest BCUT2D eigenvalue weighted by atomic mass is 79.9. The third kappa shape index (κ3) is 4.51. The quantitative estimate of drug-likeness (QED) is 0.555. The van der Waals surface area contributed by atoms with Crippen molar-refractivity contribution >= 4 is 42.8 Å². The molecule has 1 aromatic heterocycles. The second-order valence-corrected chi connectivity index (χ2v) is 8.72. The van der Waals surface area contributed by atoms with Crippen LogP contribution in [0.15, 0.2) is 53.0 Å². The Bertz CT molecular complexity index is 1040. The van der Waals surface area contributed by atoms with Crippen molar-refractivity contribution in [3.8, 4) is 0 Å². The van der Waals surface area contributed by atoms with Crippen LogP contribution in [0.5, 0.6) is 0 Å². The molecule has 3 N–H and O–H groups in total. The van der Waals surface area contributed by atoms with Gasteiger partial charge in [-0.1, -0.05) is 46.3 Å². The molecular weight excluding hydrogens is 418 g/mol. The third-order valence-corrected chi connectivity index (χ3v) is 5.80. The van der Waals surface area contributed by atoms with Crippen LogP contribution in [0, 0.1) is 0 Å². The number of carbonyl (C=O) groups excluding carboxylic acids is 1. The first-order chi connectivity index (χ1) is 12.4. The number of aromatic amines is 1. The van der Waals surface area contributed by atoms with Gasteiger partial charge in [0.1, 0.15) is 5.69 Å². The van der Waals surface area contributed by atoms with Crippen molar-refractivity contribution < 1.29 is 13.2 Å². The molecule has 0 aliphatic carbocycles. The number of hydrogen-bond acceptors (Lipinski definition) is 3. The standard InChI is InChI=1S/C18H18BrN3O3S/c1-20-26(24,25)11-13-4-2-12(3-5-13)10-21-18(23)17-8-14-6-7-15(19)9-16(14)22-17/h2-9,20,22H,10-11H2,1H3,(H,21,23). The van der Waals surface area contributed by atoms with Crippen molar-refractivity contribution in [3.05, 3.63) is 69.8 Å². The number of rotatable bonds is 6. The van der Waals surface area contributed by atoms with Crippen LogP contribution in [0.3, 0.4) is 0 Å². The monoisotopic (exact) mass is 435 g/mol. The van der Waals surface area contributed by atoms with E-state index in [9.17, 15) is 13.2 Å². The van der Waals surface area contributed by atoms with E-state index in [1.807, 2.05) is 36.4 Å². The highest BCUT2D eigenvalue weighted by Gasteiger charge is 2.11. The summed E-state index contributed by atoms with van der Waals surface area (Å²) in [6.07, 6.45) is 0. The van der Waals surface area contributed by atoms with Gasteiger partial charge < -0.3 is 10.3 Å².